The quantitative estimate of drug-likeness (QED) is 0.884. The van der Waals surface area contributed by atoms with Crippen molar-refractivity contribution in [2.75, 3.05) is 11.9 Å². The van der Waals surface area contributed by atoms with E-state index in [4.69, 9.17) is 4.74 Å². The number of nitrogens with zero attached hydrogens (tertiary/aromatic N) is 2. The molecule has 24 heavy (non-hydrogen) atoms. The molecule has 2 N–H and O–H groups in total. The van der Waals surface area contributed by atoms with Crippen molar-refractivity contribution in [3.8, 4) is 0 Å². The second kappa shape index (κ2) is 7.23. The molecule has 1 aliphatic heterocycles. The molecule has 0 saturated heterocycles. The lowest BCUT2D eigenvalue weighted by molar-refractivity contribution is -0.120. The summed E-state index contributed by atoms with van der Waals surface area (Å²) in [5, 5.41) is 10.1. The number of aromatic nitrogens is 2. The Hall–Kier alpha value is -2.05. The molecule has 0 aromatic carbocycles. The molecule has 1 aliphatic rings. The highest BCUT2D eigenvalue weighted by Crippen LogP contribution is 2.26. The van der Waals surface area contributed by atoms with Gasteiger partial charge in [-0.2, -0.15) is 5.10 Å². The number of H-pyrrole nitrogens is 1. The molecule has 0 fully saturated rings. The predicted molar refractivity (Wildman–Crippen MR) is 91.6 cm³/mol. The van der Waals surface area contributed by atoms with Crippen molar-refractivity contribution in [1.82, 2.24) is 15.1 Å². The zero-order chi connectivity index (χ0) is 17.9. The van der Waals surface area contributed by atoms with Crippen molar-refractivity contribution >= 4 is 17.8 Å². The van der Waals surface area contributed by atoms with Crippen LogP contribution in [-0.4, -0.2) is 39.2 Å². The van der Waals surface area contributed by atoms with Gasteiger partial charge in [0, 0.05) is 30.1 Å². The molecule has 1 aromatic heterocycles. The summed E-state index contributed by atoms with van der Waals surface area (Å²) in [7, 11) is 0. The molecule has 0 bridgehead atoms. The minimum Gasteiger partial charge on any atom is -0.444 e. The van der Waals surface area contributed by atoms with E-state index in [1.807, 2.05) is 34.6 Å². The van der Waals surface area contributed by atoms with E-state index in [9.17, 15) is 9.59 Å². The average molecular weight is 336 g/mol. The van der Waals surface area contributed by atoms with Crippen LogP contribution in [-0.2, 0) is 22.5 Å². The SMILES string of the molecule is CCC(CC)C(=O)Nc1n[nH]c2c1CN(C(=O)OC(C)(C)C)CC2. The highest BCUT2D eigenvalue weighted by atomic mass is 16.6. The Balaban J connectivity index is 2.09. The second-order valence-corrected chi connectivity index (χ2v) is 7.18. The zero-order valence-electron chi connectivity index (χ0n) is 15.2. The van der Waals surface area contributed by atoms with Crippen molar-refractivity contribution < 1.29 is 14.3 Å². The Morgan fingerprint density at radius 2 is 2.00 bits per heavy atom. The Morgan fingerprint density at radius 1 is 1.33 bits per heavy atom. The van der Waals surface area contributed by atoms with Crippen molar-refractivity contribution in [2.45, 2.75) is 66.0 Å². The lowest BCUT2D eigenvalue weighted by Gasteiger charge is -2.30. The molecule has 0 saturated carbocycles. The number of carbonyl (C=O) groups is 2. The highest BCUT2D eigenvalue weighted by Gasteiger charge is 2.29. The monoisotopic (exact) mass is 336 g/mol. The van der Waals surface area contributed by atoms with Crippen molar-refractivity contribution in [1.29, 1.82) is 0 Å². The number of aromatic amines is 1. The number of nitrogens with one attached hydrogen (secondary N) is 2. The minimum absolute atomic E-state index is 0.0244. The van der Waals surface area contributed by atoms with Gasteiger partial charge in [-0.25, -0.2) is 4.79 Å². The molecular weight excluding hydrogens is 308 g/mol. The van der Waals surface area contributed by atoms with Gasteiger partial charge in [-0.15, -0.1) is 0 Å². The van der Waals surface area contributed by atoms with E-state index in [0.717, 1.165) is 24.1 Å². The number of anilines is 1. The summed E-state index contributed by atoms with van der Waals surface area (Å²) < 4.78 is 5.43. The topological polar surface area (TPSA) is 87.3 Å². The summed E-state index contributed by atoms with van der Waals surface area (Å²) in [4.78, 5) is 26.2. The molecule has 0 radical (unpaired) electrons. The van der Waals surface area contributed by atoms with Crippen LogP contribution in [0.15, 0.2) is 0 Å². The number of hydrogen-bond acceptors (Lipinski definition) is 4. The molecule has 0 unspecified atom stereocenters. The molecule has 7 nitrogen and oxygen atoms in total. The molecule has 1 aromatic rings. The fraction of sp³-hybridized carbons (Fsp3) is 0.706. The average Bonchev–Trinajstić information content (AvgIpc) is 2.89. The van der Waals surface area contributed by atoms with Crippen LogP contribution in [0.3, 0.4) is 0 Å². The minimum atomic E-state index is -0.528. The maximum absolute atomic E-state index is 12.3. The van der Waals surface area contributed by atoms with Gasteiger partial charge in [0.25, 0.3) is 0 Å². The molecular formula is C17H28N4O3. The highest BCUT2D eigenvalue weighted by molar-refractivity contribution is 5.92. The first kappa shape index (κ1) is 18.3. The normalized spacial score (nSPS) is 14.5. The van der Waals surface area contributed by atoms with Gasteiger partial charge in [-0.1, -0.05) is 13.8 Å². The van der Waals surface area contributed by atoms with Gasteiger partial charge < -0.3 is 15.0 Å². The fourth-order valence-corrected chi connectivity index (χ4v) is 2.76. The first-order valence-electron chi connectivity index (χ1n) is 8.60. The summed E-state index contributed by atoms with van der Waals surface area (Å²) in [5.74, 6) is 0.474. The predicted octanol–water partition coefficient (Wildman–Crippen LogP) is 3.08. The fourth-order valence-electron chi connectivity index (χ4n) is 2.76. The molecule has 0 aliphatic carbocycles. The summed E-state index contributed by atoms with van der Waals surface area (Å²) in [6.07, 6.45) is 1.91. The molecule has 2 amide bonds. The standard InChI is InChI=1S/C17H28N4O3/c1-6-11(7-2)15(22)18-14-12-10-21(9-8-13(12)19-20-14)16(23)24-17(3,4)5/h11H,6-10H2,1-5H3,(H2,18,19,20,22). The van der Waals surface area contributed by atoms with Gasteiger partial charge in [-0.05, 0) is 33.6 Å². The molecule has 134 valence electrons. The first-order valence-corrected chi connectivity index (χ1v) is 8.60. The van der Waals surface area contributed by atoms with Crippen LogP contribution in [0.4, 0.5) is 10.6 Å². The Kier molecular flexibility index (Phi) is 5.51. The molecule has 2 rings (SSSR count). The summed E-state index contributed by atoms with van der Waals surface area (Å²) >= 11 is 0. The van der Waals surface area contributed by atoms with Crippen LogP contribution >= 0.6 is 0 Å². The van der Waals surface area contributed by atoms with E-state index in [-0.39, 0.29) is 17.9 Å². The summed E-state index contributed by atoms with van der Waals surface area (Å²) in [6, 6.07) is 0. The van der Waals surface area contributed by atoms with Crippen LogP contribution in [0.5, 0.6) is 0 Å². The number of amides is 2. The maximum Gasteiger partial charge on any atom is 0.410 e. The van der Waals surface area contributed by atoms with E-state index in [2.05, 4.69) is 15.5 Å². The second-order valence-electron chi connectivity index (χ2n) is 7.18. The lowest BCUT2D eigenvalue weighted by atomic mass is 10.0. The third kappa shape index (κ3) is 4.27. The molecule has 2 heterocycles. The third-order valence-electron chi connectivity index (χ3n) is 4.18. The van der Waals surface area contributed by atoms with Gasteiger partial charge in [0.15, 0.2) is 5.82 Å². The maximum atomic E-state index is 12.3. The molecule has 7 heteroatoms. The van der Waals surface area contributed by atoms with Crippen LogP contribution in [0, 0.1) is 5.92 Å². The van der Waals surface area contributed by atoms with Crippen LogP contribution in [0.25, 0.3) is 0 Å². The van der Waals surface area contributed by atoms with E-state index >= 15 is 0 Å². The van der Waals surface area contributed by atoms with Gasteiger partial charge in [-0.3, -0.25) is 9.89 Å². The van der Waals surface area contributed by atoms with E-state index in [1.54, 1.807) is 4.90 Å². The van der Waals surface area contributed by atoms with Gasteiger partial charge >= 0.3 is 6.09 Å². The zero-order valence-corrected chi connectivity index (χ0v) is 15.2. The Labute approximate surface area is 143 Å². The molecule has 0 atom stereocenters. The molecule has 0 spiro atoms. The number of ether oxygens (including phenoxy) is 1. The third-order valence-corrected chi connectivity index (χ3v) is 4.18. The van der Waals surface area contributed by atoms with E-state index in [1.165, 1.54) is 0 Å². The summed E-state index contributed by atoms with van der Waals surface area (Å²) in [6.45, 7) is 10.5. The van der Waals surface area contributed by atoms with Gasteiger partial charge in [0.1, 0.15) is 5.60 Å². The van der Waals surface area contributed by atoms with E-state index < -0.39 is 5.60 Å². The first-order chi connectivity index (χ1) is 11.2. The van der Waals surface area contributed by atoms with E-state index in [0.29, 0.717) is 25.3 Å². The number of hydrogen-bond donors (Lipinski definition) is 2. The van der Waals surface area contributed by atoms with Crippen LogP contribution in [0.1, 0.15) is 58.7 Å². The van der Waals surface area contributed by atoms with Gasteiger partial charge in [0.2, 0.25) is 5.91 Å². The lowest BCUT2D eigenvalue weighted by Crippen LogP contribution is -2.40. The largest absolute Gasteiger partial charge is 0.444 e. The van der Waals surface area contributed by atoms with Crippen LogP contribution in [0.2, 0.25) is 0 Å². The van der Waals surface area contributed by atoms with Crippen LogP contribution < -0.4 is 5.32 Å². The smallest absolute Gasteiger partial charge is 0.410 e. The van der Waals surface area contributed by atoms with Crippen molar-refractivity contribution in [3.63, 3.8) is 0 Å². The van der Waals surface area contributed by atoms with Gasteiger partial charge in [0.05, 0.1) is 6.54 Å². The van der Waals surface area contributed by atoms with Crippen molar-refractivity contribution in [3.05, 3.63) is 11.3 Å². The number of fused-ring (bicyclic) bond motifs is 1. The number of rotatable bonds is 4. The Bertz CT molecular complexity index is 599. The Morgan fingerprint density at radius 3 is 2.58 bits per heavy atom. The number of carbonyl (C=O) groups excluding carboxylic acids is 2. The van der Waals surface area contributed by atoms with Crippen molar-refractivity contribution in [2.24, 2.45) is 5.92 Å². The summed E-state index contributed by atoms with van der Waals surface area (Å²) in [5.41, 5.74) is 1.31.